The van der Waals surface area contributed by atoms with E-state index in [9.17, 15) is 52.7 Å². The van der Waals surface area contributed by atoms with Crippen LogP contribution in [-0.4, -0.2) is 9.13 Å². The second-order valence-electron chi connectivity index (χ2n) is 20.6. The smallest absolute Gasteiger partial charge is 0.309 e. The monoisotopic (exact) mass is 1130 g/mol. The number of rotatable bonds is 8. The number of benzene rings is 11. The molecule has 13 heteroatoms. The fourth-order valence-corrected chi connectivity index (χ4v) is 11.8. The summed E-state index contributed by atoms with van der Waals surface area (Å²) in [5, 5.41) is 54.9. The molecular weight excluding hydrogens is 1090 g/mol. The standard InChI is InChI=1S/C73H37F6N7/c74-72(75,76)54-29-53(30-55(36-54)73(77,78)79)43-18-24-69(86-70-27-21-46(59-15-7-3-11-50(59)40-82)34-65(70)66-35-47(22-28-71(66)86)60-16-8-4-12-51(60)41-83)62(31-43)61-37-56(23-17-52(61)42-84)85-67-25-19-44(57-13-5-1-9-48(57)38-80)32-63(67)64-33-45(20-26-68(64)85)58-14-6-2-10-49(58)39-81/h1-37H. The maximum absolute atomic E-state index is 14.6. The van der Waals surface area contributed by atoms with Crippen molar-refractivity contribution >= 4 is 43.6 Å². The summed E-state index contributed by atoms with van der Waals surface area (Å²) in [5.74, 6) is 0. The largest absolute Gasteiger partial charge is 0.416 e. The Morgan fingerprint density at radius 2 is 0.605 bits per heavy atom. The number of halogens is 6. The second kappa shape index (κ2) is 20.8. The van der Waals surface area contributed by atoms with Crippen molar-refractivity contribution in [2.45, 2.75) is 12.4 Å². The molecule has 13 rings (SSSR count). The molecule has 406 valence electrons. The average molecular weight is 1130 g/mol. The lowest BCUT2D eigenvalue weighted by Gasteiger charge is -2.19. The van der Waals surface area contributed by atoms with E-state index in [4.69, 9.17) is 0 Å². The molecule has 13 aromatic rings. The van der Waals surface area contributed by atoms with Crippen molar-refractivity contribution in [2.24, 2.45) is 0 Å². The van der Waals surface area contributed by atoms with Gasteiger partial charge in [-0.25, -0.2) is 0 Å². The maximum Gasteiger partial charge on any atom is 0.416 e. The van der Waals surface area contributed by atoms with Crippen molar-refractivity contribution in [3.63, 3.8) is 0 Å². The molecule has 0 saturated carbocycles. The topological polar surface area (TPSA) is 129 Å². The molecule has 2 aromatic heterocycles. The molecule has 0 unspecified atom stereocenters. The van der Waals surface area contributed by atoms with E-state index in [1.54, 1.807) is 72.8 Å². The van der Waals surface area contributed by atoms with Gasteiger partial charge in [-0.05, 0) is 177 Å². The van der Waals surface area contributed by atoms with Gasteiger partial charge in [0.15, 0.2) is 0 Å². The molecule has 0 radical (unpaired) electrons. The Balaban J connectivity index is 1.11. The Morgan fingerprint density at radius 3 is 0.965 bits per heavy atom. The Bertz CT molecular complexity index is 4980. The van der Waals surface area contributed by atoms with Crippen molar-refractivity contribution in [3.8, 4) is 108 Å². The van der Waals surface area contributed by atoms with Gasteiger partial charge in [0, 0.05) is 38.4 Å². The highest BCUT2D eigenvalue weighted by atomic mass is 19.4. The lowest BCUT2D eigenvalue weighted by atomic mass is 9.92. The van der Waals surface area contributed by atoms with Crippen LogP contribution in [0.25, 0.3) is 122 Å². The zero-order valence-corrected chi connectivity index (χ0v) is 44.8. The van der Waals surface area contributed by atoms with Crippen LogP contribution in [0.15, 0.2) is 224 Å². The number of fused-ring (bicyclic) bond motifs is 6. The van der Waals surface area contributed by atoms with Crippen molar-refractivity contribution in [3.05, 3.63) is 263 Å². The van der Waals surface area contributed by atoms with E-state index in [0.717, 1.165) is 21.9 Å². The van der Waals surface area contributed by atoms with Crippen LogP contribution in [0.2, 0.25) is 0 Å². The third kappa shape index (κ3) is 9.09. The van der Waals surface area contributed by atoms with Gasteiger partial charge in [0.05, 0.1) is 97.0 Å². The lowest BCUT2D eigenvalue weighted by Crippen LogP contribution is -2.11. The Labute approximate surface area is 487 Å². The van der Waals surface area contributed by atoms with Crippen molar-refractivity contribution in [2.75, 3.05) is 0 Å². The quantitative estimate of drug-likeness (QED) is 0.140. The molecule has 0 aliphatic carbocycles. The highest BCUT2D eigenvalue weighted by molar-refractivity contribution is 6.14. The molecule has 0 aliphatic rings. The van der Waals surface area contributed by atoms with Gasteiger partial charge in [-0.2, -0.15) is 52.7 Å². The first-order valence-electron chi connectivity index (χ1n) is 26.8. The van der Waals surface area contributed by atoms with E-state index < -0.39 is 23.5 Å². The van der Waals surface area contributed by atoms with Gasteiger partial charge in [0.1, 0.15) is 0 Å². The number of hydrogen-bond acceptors (Lipinski definition) is 5. The molecule has 0 saturated heterocycles. The van der Waals surface area contributed by atoms with E-state index in [0.29, 0.717) is 112 Å². The van der Waals surface area contributed by atoms with Crippen LogP contribution in [0.3, 0.4) is 0 Å². The minimum Gasteiger partial charge on any atom is -0.309 e. The highest BCUT2D eigenvalue weighted by Gasteiger charge is 2.37. The SMILES string of the molecule is N#Cc1ccccc1-c1ccc2c(c1)c1cc(-c3ccccc3C#N)ccc1n2-c1ccc(C#N)c(-c2cc(-c3cc(C(F)(F)F)cc(C(F)(F)F)c3)ccc2-n2c3ccc(-c4ccccc4C#N)cc3c3cc(-c4ccccc4C#N)ccc32)c1. The lowest BCUT2D eigenvalue weighted by molar-refractivity contribution is -0.143. The zero-order valence-electron chi connectivity index (χ0n) is 44.8. The summed E-state index contributed by atoms with van der Waals surface area (Å²) in [5.41, 5.74) is 8.40. The van der Waals surface area contributed by atoms with Crippen LogP contribution in [0, 0.1) is 56.7 Å². The van der Waals surface area contributed by atoms with Gasteiger partial charge >= 0.3 is 12.4 Å². The first-order chi connectivity index (χ1) is 41.7. The second-order valence-corrected chi connectivity index (χ2v) is 20.6. The summed E-state index contributed by atoms with van der Waals surface area (Å²) in [6, 6.07) is 74.6. The van der Waals surface area contributed by atoms with Crippen LogP contribution in [0.5, 0.6) is 0 Å². The van der Waals surface area contributed by atoms with E-state index >= 15 is 0 Å². The first-order valence-corrected chi connectivity index (χ1v) is 26.8. The van der Waals surface area contributed by atoms with Crippen LogP contribution in [0.4, 0.5) is 26.3 Å². The fourth-order valence-electron chi connectivity index (χ4n) is 11.8. The predicted molar refractivity (Wildman–Crippen MR) is 321 cm³/mol. The summed E-state index contributed by atoms with van der Waals surface area (Å²) < 4.78 is 91.7. The van der Waals surface area contributed by atoms with Gasteiger partial charge < -0.3 is 9.13 Å². The molecule has 7 nitrogen and oxygen atoms in total. The number of nitriles is 5. The van der Waals surface area contributed by atoms with Gasteiger partial charge in [-0.1, -0.05) is 103 Å². The van der Waals surface area contributed by atoms with Crippen molar-refractivity contribution in [1.82, 2.24) is 9.13 Å². The molecule has 86 heavy (non-hydrogen) atoms. The van der Waals surface area contributed by atoms with E-state index in [1.165, 1.54) is 12.1 Å². The van der Waals surface area contributed by atoms with Gasteiger partial charge in [-0.3, -0.25) is 0 Å². The molecule has 2 heterocycles. The Kier molecular flexibility index (Phi) is 12.9. The summed E-state index contributed by atoms with van der Waals surface area (Å²) in [4.78, 5) is 0. The summed E-state index contributed by atoms with van der Waals surface area (Å²) in [7, 11) is 0. The normalized spacial score (nSPS) is 11.5. The van der Waals surface area contributed by atoms with E-state index in [1.807, 2.05) is 130 Å². The average Bonchev–Trinajstić information content (AvgIpc) is 2.54. The van der Waals surface area contributed by atoms with Crippen LogP contribution < -0.4 is 0 Å². The van der Waals surface area contributed by atoms with Gasteiger partial charge in [0.25, 0.3) is 0 Å². The molecule has 0 amide bonds. The molecule has 0 spiro atoms. The van der Waals surface area contributed by atoms with Crippen LogP contribution in [0.1, 0.15) is 38.9 Å². The summed E-state index contributed by atoms with van der Waals surface area (Å²) in [6.45, 7) is 0. The third-order valence-corrected chi connectivity index (χ3v) is 15.8. The van der Waals surface area contributed by atoms with E-state index in [2.05, 4.69) is 30.3 Å². The molecule has 11 aromatic carbocycles. The third-order valence-electron chi connectivity index (χ3n) is 15.8. The first kappa shape index (κ1) is 53.4. The Morgan fingerprint density at radius 1 is 0.267 bits per heavy atom. The van der Waals surface area contributed by atoms with Crippen LogP contribution in [-0.2, 0) is 12.4 Å². The maximum atomic E-state index is 14.6. The minimum atomic E-state index is -5.15. The molecule has 0 fully saturated rings. The fraction of sp³-hybridized carbons (Fsp3) is 0.0274. The van der Waals surface area contributed by atoms with Gasteiger partial charge in [-0.15, -0.1) is 0 Å². The highest BCUT2D eigenvalue weighted by Crippen LogP contribution is 2.46. The summed E-state index contributed by atoms with van der Waals surface area (Å²) >= 11 is 0. The minimum absolute atomic E-state index is 0.00609. The zero-order chi connectivity index (χ0) is 59.6. The number of aromatic nitrogens is 2. The molecule has 0 atom stereocenters. The number of hydrogen-bond donors (Lipinski definition) is 0. The summed E-state index contributed by atoms with van der Waals surface area (Å²) in [6.07, 6.45) is -10.3. The molecular formula is C73H37F6N7. The van der Waals surface area contributed by atoms with Crippen LogP contribution >= 0.6 is 0 Å². The van der Waals surface area contributed by atoms with E-state index in [-0.39, 0.29) is 33.9 Å². The number of alkyl halides is 6. The van der Waals surface area contributed by atoms with Crippen molar-refractivity contribution in [1.29, 1.82) is 26.3 Å². The molecule has 0 N–H and O–H groups in total. The molecule has 0 bridgehead atoms. The predicted octanol–water partition coefficient (Wildman–Crippen LogP) is 19.3. The van der Waals surface area contributed by atoms with Crippen molar-refractivity contribution < 1.29 is 26.3 Å². The Hall–Kier alpha value is -12.0. The molecule has 0 aliphatic heterocycles. The number of nitrogens with zero attached hydrogens (tertiary/aromatic N) is 7. The van der Waals surface area contributed by atoms with Gasteiger partial charge in [0.2, 0.25) is 0 Å².